The van der Waals surface area contributed by atoms with Crippen molar-refractivity contribution >= 4 is 18.0 Å². The molecule has 0 aromatic carbocycles. The molecular formula is C14H23N5O5. The molecule has 1 saturated heterocycles. The van der Waals surface area contributed by atoms with Gasteiger partial charge in [0.25, 0.3) is 5.96 Å². The van der Waals surface area contributed by atoms with Crippen LogP contribution in [0.2, 0.25) is 0 Å². The van der Waals surface area contributed by atoms with Crippen molar-refractivity contribution in [2.24, 2.45) is 4.99 Å². The highest BCUT2D eigenvalue weighted by Crippen LogP contribution is 2.09. The molecule has 4 N–H and O–H groups in total. The van der Waals surface area contributed by atoms with Gasteiger partial charge < -0.3 is 25.2 Å². The topological polar surface area (TPSA) is 128 Å². The van der Waals surface area contributed by atoms with Crippen LogP contribution in [0.4, 0.5) is 4.79 Å². The van der Waals surface area contributed by atoms with Crippen LogP contribution in [0.25, 0.3) is 4.95 Å². The maximum Gasteiger partial charge on any atom is 0.408 e. The van der Waals surface area contributed by atoms with Crippen LogP contribution < -0.4 is 10.7 Å². The highest BCUT2D eigenvalue weighted by molar-refractivity contribution is 5.83. The van der Waals surface area contributed by atoms with E-state index in [0.29, 0.717) is 19.5 Å². The molecule has 0 radical (unpaired) electrons. The minimum Gasteiger partial charge on any atom is -0.480 e. The third-order valence-corrected chi connectivity index (χ3v) is 3.03. The van der Waals surface area contributed by atoms with Gasteiger partial charge in [0.15, 0.2) is 0 Å². The first-order chi connectivity index (χ1) is 11.1. The van der Waals surface area contributed by atoms with Crippen LogP contribution in [0, 0.1) is 6.57 Å². The summed E-state index contributed by atoms with van der Waals surface area (Å²) in [5.74, 6) is -1.10. The van der Waals surface area contributed by atoms with E-state index in [1.54, 1.807) is 25.7 Å². The Morgan fingerprint density at radius 2 is 2.17 bits per heavy atom. The average Bonchev–Trinajstić information content (AvgIpc) is 2.86. The quantitative estimate of drug-likeness (QED) is 0.241. The molecule has 0 aromatic rings. The molecule has 1 fully saturated rings. The Morgan fingerprint density at radius 3 is 2.62 bits per heavy atom. The van der Waals surface area contributed by atoms with E-state index < -0.39 is 29.8 Å². The summed E-state index contributed by atoms with van der Waals surface area (Å²) in [4.78, 5) is 31.7. The van der Waals surface area contributed by atoms with Gasteiger partial charge in [-0.1, -0.05) is 5.43 Å². The van der Waals surface area contributed by atoms with E-state index in [1.807, 2.05) is 0 Å². The monoisotopic (exact) mass is 341 g/mol. The molecule has 1 aliphatic rings. The summed E-state index contributed by atoms with van der Waals surface area (Å²) in [6, 6.07) is -1.30. The first-order valence-electron chi connectivity index (χ1n) is 7.44. The van der Waals surface area contributed by atoms with Crippen LogP contribution in [-0.2, 0) is 9.53 Å². The SMILES string of the molecule is [C-]#[N+]NC(=NC[C@H](NC(=O)OC(C)(C)C)C(=O)O)N1CC[C@H](O)C1. The van der Waals surface area contributed by atoms with Crippen molar-refractivity contribution in [2.45, 2.75) is 44.9 Å². The second-order valence-electron chi connectivity index (χ2n) is 6.31. The average molecular weight is 341 g/mol. The molecule has 1 heterocycles. The van der Waals surface area contributed by atoms with Gasteiger partial charge in [-0.15, -0.1) is 0 Å². The number of nitrogens with zero attached hydrogens (tertiary/aromatic N) is 3. The van der Waals surface area contributed by atoms with Crippen molar-refractivity contribution in [1.82, 2.24) is 15.6 Å². The van der Waals surface area contributed by atoms with Gasteiger partial charge in [-0.25, -0.2) is 14.6 Å². The predicted molar refractivity (Wildman–Crippen MR) is 85.0 cm³/mol. The molecule has 10 heteroatoms. The van der Waals surface area contributed by atoms with Crippen molar-refractivity contribution in [2.75, 3.05) is 19.6 Å². The summed E-state index contributed by atoms with van der Waals surface area (Å²) in [6.45, 7) is 12.4. The molecule has 0 aromatic heterocycles. The van der Waals surface area contributed by atoms with Crippen molar-refractivity contribution < 1.29 is 24.5 Å². The van der Waals surface area contributed by atoms with E-state index in [-0.39, 0.29) is 12.5 Å². The minimum absolute atomic E-state index is 0.166. The Bertz CT molecular complexity index is 537. The highest BCUT2D eigenvalue weighted by Gasteiger charge is 2.27. The third-order valence-electron chi connectivity index (χ3n) is 3.03. The number of aliphatic carboxylic acids is 1. The molecule has 10 nitrogen and oxygen atoms in total. The van der Waals surface area contributed by atoms with Gasteiger partial charge in [0.1, 0.15) is 11.6 Å². The minimum atomic E-state index is -1.30. The number of hydrogen-bond donors (Lipinski definition) is 4. The van der Waals surface area contributed by atoms with Crippen molar-refractivity contribution in [3.05, 3.63) is 11.5 Å². The molecule has 1 rings (SSSR count). The maximum atomic E-state index is 11.7. The van der Waals surface area contributed by atoms with Crippen LogP contribution in [0.15, 0.2) is 4.99 Å². The van der Waals surface area contributed by atoms with Gasteiger partial charge in [-0.05, 0) is 27.2 Å². The number of ether oxygens (including phenoxy) is 1. The van der Waals surface area contributed by atoms with Gasteiger partial charge in [-0.3, -0.25) is 0 Å². The molecule has 134 valence electrons. The molecular weight excluding hydrogens is 318 g/mol. The molecule has 0 aliphatic carbocycles. The van der Waals surface area contributed by atoms with E-state index in [9.17, 15) is 19.8 Å². The van der Waals surface area contributed by atoms with E-state index in [4.69, 9.17) is 11.3 Å². The number of aliphatic hydroxyl groups excluding tert-OH is 1. The lowest BCUT2D eigenvalue weighted by atomic mass is 10.2. The van der Waals surface area contributed by atoms with Crippen LogP contribution in [-0.4, -0.2) is 70.5 Å². The van der Waals surface area contributed by atoms with Crippen LogP contribution in [0.3, 0.4) is 0 Å². The highest BCUT2D eigenvalue weighted by atomic mass is 16.6. The first-order valence-corrected chi connectivity index (χ1v) is 7.44. The number of carboxylic acid groups (broad SMARTS) is 1. The van der Waals surface area contributed by atoms with Gasteiger partial charge in [-0.2, -0.15) is 11.5 Å². The molecule has 0 unspecified atom stereocenters. The molecule has 0 bridgehead atoms. The van der Waals surface area contributed by atoms with E-state index in [2.05, 4.69) is 20.7 Å². The van der Waals surface area contributed by atoms with Crippen LogP contribution >= 0.6 is 0 Å². The Labute approximate surface area is 140 Å². The molecule has 1 aliphatic heterocycles. The lowest BCUT2D eigenvalue weighted by Crippen LogP contribution is -2.46. The van der Waals surface area contributed by atoms with Gasteiger partial charge in [0.05, 0.1) is 12.6 Å². The number of amides is 1. The van der Waals surface area contributed by atoms with E-state index in [1.165, 1.54) is 0 Å². The number of aliphatic hydroxyl groups is 1. The van der Waals surface area contributed by atoms with Crippen molar-refractivity contribution in [1.29, 1.82) is 0 Å². The number of guanidine groups is 1. The number of hydrogen-bond acceptors (Lipinski definition) is 5. The lowest BCUT2D eigenvalue weighted by molar-refractivity contribution is -0.139. The molecule has 0 saturated carbocycles. The Hall–Kier alpha value is -2.54. The van der Waals surface area contributed by atoms with Crippen molar-refractivity contribution in [3.63, 3.8) is 0 Å². The number of aliphatic imine (C=N–C) groups is 1. The summed E-state index contributed by atoms with van der Waals surface area (Å²) in [5.41, 5.74) is 1.60. The fourth-order valence-corrected chi connectivity index (χ4v) is 2.00. The van der Waals surface area contributed by atoms with Crippen molar-refractivity contribution in [3.8, 4) is 0 Å². The Balaban J connectivity index is 2.73. The zero-order valence-electron chi connectivity index (χ0n) is 13.9. The summed E-state index contributed by atoms with van der Waals surface area (Å²) >= 11 is 0. The summed E-state index contributed by atoms with van der Waals surface area (Å²) in [5, 5.41) is 21.0. The normalized spacial score (nSPS) is 19.4. The summed E-state index contributed by atoms with van der Waals surface area (Å²) < 4.78 is 5.02. The van der Waals surface area contributed by atoms with E-state index in [0.717, 1.165) is 0 Å². The number of likely N-dealkylation sites (tertiary alicyclic amines) is 1. The second kappa shape index (κ2) is 8.35. The molecule has 0 spiro atoms. The first kappa shape index (κ1) is 19.5. The van der Waals surface area contributed by atoms with Gasteiger partial charge >= 0.3 is 12.1 Å². The predicted octanol–water partition coefficient (Wildman–Crippen LogP) is -0.189. The van der Waals surface area contributed by atoms with Crippen LogP contribution in [0.5, 0.6) is 0 Å². The summed E-state index contributed by atoms with van der Waals surface area (Å²) in [6.07, 6.45) is -0.837. The fraction of sp³-hybridized carbons (Fsp3) is 0.714. The number of β-amino-alcohol motifs (C(OH)–C–C–N with tert-alkyl or cyclic N) is 1. The molecule has 2 atom stereocenters. The number of alkyl carbamates (subject to hydrolysis) is 1. The number of carbonyl (C=O) groups excluding carboxylic acids is 1. The van der Waals surface area contributed by atoms with E-state index >= 15 is 0 Å². The molecule has 1 amide bonds. The fourth-order valence-electron chi connectivity index (χ4n) is 2.00. The smallest absolute Gasteiger partial charge is 0.408 e. The Kier molecular flexibility index (Phi) is 6.79. The maximum absolute atomic E-state index is 11.7. The largest absolute Gasteiger partial charge is 0.480 e. The summed E-state index contributed by atoms with van der Waals surface area (Å²) in [7, 11) is 0. The van der Waals surface area contributed by atoms with Crippen LogP contribution in [0.1, 0.15) is 27.2 Å². The lowest BCUT2D eigenvalue weighted by Gasteiger charge is -2.22. The number of rotatable bonds is 4. The zero-order valence-corrected chi connectivity index (χ0v) is 13.9. The standard InChI is InChI=1S/C14H23N5O5/c1-14(2,3)24-13(23)17-10(11(21)22)7-16-12(18-15-4)19-6-5-9(20)8-19/h9-10,20H,5-8H2,1-3H3,(H,16,18)(H,17,23)(H,21,22)/t9-,10-/m0/s1. The zero-order chi connectivity index (χ0) is 18.3. The number of nitrogens with one attached hydrogen (secondary N) is 2. The number of carboxylic acids is 1. The second-order valence-corrected chi connectivity index (χ2v) is 6.31. The third kappa shape index (κ3) is 6.70. The Morgan fingerprint density at radius 1 is 1.50 bits per heavy atom. The van der Waals surface area contributed by atoms with Gasteiger partial charge in [0, 0.05) is 13.1 Å². The van der Waals surface area contributed by atoms with Gasteiger partial charge in [0.2, 0.25) is 0 Å². The molecule has 24 heavy (non-hydrogen) atoms. The number of carbonyl (C=O) groups is 2.